The zero-order valence-corrected chi connectivity index (χ0v) is 11.4. The van der Waals surface area contributed by atoms with E-state index in [1.807, 2.05) is 30.1 Å². The van der Waals surface area contributed by atoms with Crippen molar-refractivity contribution in [3.63, 3.8) is 0 Å². The first-order chi connectivity index (χ1) is 8.74. The van der Waals surface area contributed by atoms with Gasteiger partial charge in [0, 0.05) is 24.5 Å². The van der Waals surface area contributed by atoms with E-state index in [-0.39, 0.29) is 6.04 Å². The summed E-state index contributed by atoms with van der Waals surface area (Å²) in [4.78, 5) is 4.35. The molecule has 0 spiro atoms. The van der Waals surface area contributed by atoms with Gasteiger partial charge in [0.15, 0.2) is 0 Å². The smallest absolute Gasteiger partial charge is 0.0779 e. The zero-order chi connectivity index (χ0) is 13.0. The van der Waals surface area contributed by atoms with Crippen LogP contribution in [0.3, 0.4) is 0 Å². The van der Waals surface area contributed by atoms with Gasteiger partial charge in [0.05, 0.1) is 23.0 Å². The summed E-state index contributed by atoms with van der Waals surface area (Å²) >= 11 is 5.85. The molecule has 0 aromatic carbocycles. The highest BCUT2D eigenvalue weighted by Crippen LogP contribution is 2.20. The van der Waals surface area contributed by atoms with Crippen LogP contribution in [0.2, 0.25) is 5.02 Å². The maximum atomic E-state index is 5.85. The zero-order valence-electron chi connectivity index (χ0n) is 10.6. The molecule has 5 heteroatoms. The van der Waals surface area contributed by atoms with Gasteiger partial charge in [-0.1, -0.05) is 18.5 Å². The van der Waals surface area contributed by atoms with Crippen molar-refractivity contribution < 1.29 is 0 Å². The van der Waals surface area contributed by atoms with Crippen molar-refractivity contribution in [2.24, 2.45) is 0 Å². The van der Waals surface area contributed by atoms with E-state index in [2.05, 4.69) is 28.5 Å². The lowest BCUT2D eigenvalue weighted by molar-refractivity contribution is 0.600. The fourth-order valence-corrected chi connectivity index (χ4v) is 2.04. The molecule has 0 bridgehead atoms. The molecule has 0 amide bonds. The molecule has 0 fully saturated rings. The summed E-state index contributed by atoms with van der Waals surface area (Å²) in [7, 11) is 1.91. The van der Waals surface area contributed by atoms with E-state index in [0.717, 1.165) is 24.2 Å². The van der Waals surface area contributed by atoms with Crippen molar-refractivity contribution in [2.45, 2.75) is 25.9 Å². The van der Waals surface area contributed by atoms with E-state index in [1.54, 1.807) is 6.20 Å². The van der Waals surface area contributed by atoms with Crippen LogP contribution in [0.15, 0.2) is 30.7 Å². The Balaban J connectivity index is 2.24. The number of nitrogens with one attached hydrogen (secondary N) is 1. The number of hydrogen-bond acceptors (Lipinski definition) is 3. The Bertz CT molecular complexity index is 492. The predicted molar refractivity (Wildman–Crippen MR) is 72.7 cm³/mol. The standard InChI is InChI=1S/C13H17ClN4/c1-3-6-18-9-10(7-17-18)13(15-2)12-5-4-11(14)8-16-12/h4-5,7-9,13,15H,3,6H2,1-2H3. The Morgan fingerprint density at radius 2 is 2.22 bits per heavy atom. The molecule has 0 saturated carbocycles. The van der Waals surface area contributed by atoms with Crippen molar-refractivity contribution in [1.82, 2.24) is 20.1 Å². The molecule has 1 atom stereocenters. The summed E-state index contributed by atoms with van der Waals surface area (Å²) in [6.07, 6.45) is 6.68. The van der Waals surface area contributed by atoms with E-state index >= 15 is 0 Å². The third-order valence-corrected chi connectivity index (χ3v) is 3.00. The van der Waals surface area contributed by atoms with E-state index in [1.165, 1.54) is 0 Å². The van der Waals surface area contributed by atoms with Gasteiger partial charge in [-0.15, -0.1) is 0 Å². The first kappa shape index (κ1) is 13.1. The summed E-state index contributed by atoms with van der Waals surface area (Å²) in [6.45, 7) is 3.07. The van der Waals surface area contributed by atoms with Crippen LogP contribution in [-0.2, 0) is 6.54 Å². The second kappa shape index (κ2) is 5.98. The maximum Gasteiger partial charge on any atom is 0.0779 e. The number of nitrogens with zero attached hydrogens (tertiary/aromatic N) is 3. The molecule has 0 saturated heterocycles. The number of aromatic nitrogens is 3. The van der Waals surface area contributed by atoms with E-state index in [0.29, 0.717) is 5.02 Å². The Morgan fingerprint density at radius 3 is 2.83 bits per heavy atom. The van der Waals surface area contributed by atoms with Crippen molar-refractivity contribution in [3.8, 4) is 0 Å². The van der Waals surface area contributed by atoms with Crippen molar-refractivity contribution in [1.29, 1.82) is 0 Å². The molecular formula is C13H17ClN4. The van der Waals surface area contributed by atoms with E-state index in [9.17, 15) is 0 Å². The van der Waals surface area contributed by atoms with E-state index < -0.39 is 0 Å². The van der Waals surface area contributed by atoms with Gasteiger partial charge in [-0.2, -0.15) is 5.10 Å². The van der Waals surface area contributed by atoms with Crippen LogP contribution in [0, 0.1) is 0 Å². The van der Waals surface area contributed by atoms with Gasteiger partial charge in [-0.05, 0) is 25.6 Å². The van der Waals surface area contributed by atoms with Gasteiger partial charge < -0.3 is 5.32 Å². The highest BCUT2D eigenvalue weighted by atomic mass is 35.5. The number of pyridine rings is 1. The average molecular weight is 265 g/mol. The number of hydrogen-bond donors (Lipinski definition) is 1. The second-order valence-corrected chi connectivity index (χ2v) is 4.60. The minimum absolute atomic E-state index is 0.0490. The van der Waals surface area contributed by atoms with Crippen LogP contribution in [0.4, 0.5) is 0 Å². The molecule has 0 aliphatic rings. The molecule has 2 aromatic rings. The summed E-state index contributed by atoms with van der Waals surface area (Å²) < 4.78 is 1.95. The van der Waals surface area contributed by atoms with Gasteiger partial charge in [0.2, 0.25) is 0 Å². The van der Waals surface area contributed by atoms with Crippen molar-refractivity contribution >= 4 is 11.6 Å². The fraction of sp³-hybridized carbons (Fsp3) is 0.385. The molecule has 2 heterocycles. The molecule has 1 N–H and O–H groups in total. The summed E-state index contributed by atoms with van der Waals surface area (Å²) in [5.41, 5.74) is 2.05. The molecular weight excluding hydrogens is 248 g/mol. The van der Waals surface area contributed by atoms with Crippen molar-refractivity contribution in [3.05, 3.63) is 47.0 Å². The third-order valence-electron chi connectivity index (χ3n) is 2.77. The molecule has 0 aliphatic carbocycles. The van der Waals surface area contributed by atoms with Crippen LogP contribution in [0.1, 0.15) is 30.6 Å². The van der Waals surface area contributed by atoms with Crippen LogP contribution < -0.4 is 5.32 Å². The molecule has 4 nitrogen and oxygen atoms in total. The maximum absolute atomic E-state index is 5.85. The van der Waals surface area contributed by atoms with Gasteiger partial charge in [-0.25, -0.2) is 0 Å². The fourth-order valence-electron chi connectivity index (χ4n) is 1.92. The molecule has 96 valence electrons. The SMILES string of the molecule is CCCn1cc(C(NC)c2ccc(Cl)cn2)cn1. The Morgan fingerprint density at radius 1 is 1.39 bits per heavy atom. The molecule has 2 rings (SSSR count). The monoisotopic (exact) mass is 264 g/mol. The molecule has 1 unspecified atom stereocenters. The first-order valence-corrected chi connectivity index (χ1v) is 6.43. The Kier molecular flexibility index (Phi) is 4.33. The van der Waals surface area contributed by atoms with Gasteiger partial charge in [0.1, 0.15) is 0 Å². The minimum atomic E-state index is 0.0490. The highest BCUT2D eigenvalue weighted by Gasteiger charge is 2.15. The average Bonchev–Trinajstić information content (AvgIpc) is 2.82. The summed E-state index contributed by atoms with van der Waals surface area (Å²) in [5.74, 6) is 0. The lowest BCUT2D eigenvalue weighted by Crippen LogP contribution is -2.18. The summed E-state index contributed by atoms with van der Waals surface area (Å²) in [5, 5.41) is 8.24. The van der Waals surface area contributed by atoms with Crippen molar-refractivity contribution in [2.75, 3.05) is 7.05 Å². The molecule has 0 radical (unpaired) electrons. The third kappa shape index (κ3) is 2.89. The normalized spacial score (nSPS) is 12.6. The Hall–Kier alpha value is -1.39. The quantitative estimate of drug-likeness (QED) is 0.903. The lowest BCUT2D eigenvalue weighted by atomic mass is 10.1. The number of halogens is 1. The first-order valence-electron chi connectivity index (χ1n) is 6.05. The predicted octanol–water partition coefficient (Wildman–Crippen LogP) is 2.65. The largest absolute Gasteiger partial charge is 0.308 e. The minimum Gasteiger partial charge on any atom is -0.308 e. The van der Waals surface area contributed by atoms with Gasteiger partial charge >= 0.3 is 0 Å². The van der Waals surface area contributed by atoms with Crippen LogP contribution in [0.25, 0.3) is 0 Å². The topological polar surface area (TPSA) is 42.7 Å². The van der Waals surface area contributed by atoms with Crippen LogP contribution in [-0.4, -0.2) is 21.8 Å². The summed E-state index contributed by atoms with van der Waals surface area (Å²) in [6, 6.07) is 3.83. The van der Waals surface area contributed by atoms with Gasteiger partial charge in [-0.3, -0.25) is 9.67 Å². The second-order valence-electron chi connectivity index (χ2n) is 4.16. The number of aryl methyl sites for hydroxylation is 1. The molecule has 2 aromatic heterocycles. The van der Waals surface area contributed by atoms with E-state index in [4.69, 9.17) is 11.6 Å². The van der Waals surface area contributed by atoms with Gasteiger partial charge in [0.25, 0.3) is 0 Å². The van der Waals surface area contributed by atoms with Crippen LogP contribution in [0.5, 0.6) is 0 Å². The molecule has 0 aliphatic heterocycles. The van der Waals surface area contributed by atoms with Crippen LogP contribution >= 0.6 is 11.6 Å². The Labute approximate surface area is 112 Å². The molecule has 18 heavy (non-hydrogen) atoms. The lowest BCUT2D eigenvalue weighted by Gasteiger charge is -2.13. The number of rotatable bonds is 5. The highest BCUT2D eigenvalue weighted by molar-refractivity contribution is 6.30.